The van der Waals surface area contributed by atoms with Crippen molar-refractivity contribution in [3.05, 3.63) is 87.5 Å². The number of amides is 1. The number of rotatable bonds is 6. The maximum absolute atomic E-state index is 13.4. The van der Waals surface area contributed by atoms with Gasteiger partial charge in [-0.25, -0.2) is 4.98 Å². The number of hydrogen-bond donors (Lipinski definition) is 1. The highest BCUT2D eigenvalue weighted by Gasteiger charge is 2.26. The quantitative estimate of drug-likeness (QED) is 0.274. The van der Waals surface area contributed by atoms with Crippen molar-refractivity contribution in [2.24, 2.45) is 0 Å². The van der Waals surface area contributed by atoms with Gasteiger partial charge in [0, 0.05) is 5.56 Å². The van der Waals surface area contributed by atoms with Crippen LogP contribution in [0.4, 0.5) is 5.13 Å². The van der Waals surface area contributed by atoms with Gasteiger partial charge in [0.1, 0.15) is 5.58 Å². The van der Waals surface area contributed by atoms with Gasteiger partial charge in [0.2, 0.25) is 11.2 Å². The second kappa shape index (κ2) is 9.52. The number of para-hydroxylation sites is 1. The van der Waals surface area contributed by atoms with Crippen LogP contribution in [0.15, 0.2) is 75.9 Å². The number of carbonyl (C=O) groups excluding carboxylic acids is 1. The normalized spacial score (nSPS) is 12.1. The first-order valence-electron chi connectivity index (χ1n) is 11.1. The van der Waals surface area contributed by atoms with E-state index in [1.54, 1.807) is 48.5 Å². The Morgan fingerprint density at radius 3 is 2.71 bits per heavy atom. The largest absolute Gasteiger partial charge is 0.473 e. The van der Waals surface area contributed by atoms with Crippen LogP contribution in [-0.2, 0) is 4.79 Å². The molecule has 6 nitrogen and oxygen atoms in total. The molecule has 2 heterocycles. The number of nitrogens with zero attached hydrogens (tertiary/aromatic N) is 1. The van der Waals surface area contributed by atoms with E-state index in [-0.39, 0.29) is 16.9 Å². The molecule has 1 amide bonds. The van der Waals surface area contributed by atoms with Crippen LogP contribution in [0, 0.1) is 6.92 Å². The number of ether oxygens (including phenoxy) is 1. The number of hydrogen-bond acceptors (Lipinski definition) is 6. The van der Waals surface area contributed by atoms with Crippen LogP contribution in [-0.4, -0.2) is 17.0 Å². The molecule has 0 aliphatic carbocycles. The predicted octanol–water partition coefficient (Wildman–Crippen LogP) is 6.83. The maximum Gasteiger partial charge on any atom is 0.267 e. The molecule has 176 valence electrons. The van der Waals surface area contributed by atoms with E-state index < -0.39 is 12.0 Å². The van der Waals surface area contributed by atoms with E-state index in [0.717, 1.165) is 15.8 Å². The Morgan fingerprint density at radius 2 is 1.91 bits per heavy atom. The number of aromatic nitrogens is 1. The summed E-state index contributed by atoms with van der Waals surface area (Å²) in [6, 6.07) is 19.8. The Labute approximate surface area is 210 Å². The number of aryl methyl sites for hydroxylation is 1. The summed E-state index contributed by atoms with van der Waals surface area (Å²) < 4.78 is 13.1. The number of anilines is 1. The van der Waals surface area contributed by atoms with E-state index in [2.05, 4.69) is 10.3 Å². The molecule has 1 atom stereocenters. The van der Waals surface area contributed by atoms with Crippen LogP contribution in [0.5, 0.6) is 5.75 Å². The molecule has 0 bridgehead atoms. The lowest BCUT2D eigenvalue weighted by atomic mass is 10.1. The Hall–Kier alpha value is -3.68. The van der Waals surface area contributed by atoms with Gasteiger partial charge in [-0.2, -0.15) is 0 Å². The molecular weight excluding hydrogens is 484 g/mol. The van der Waals surface area contributed by atoms with Gasteiger partial charge in [-0.1, -0.05) is 60.2 Å². The Morgan fingerprint density at radius 1 is 1.14 bits per heavy atom. The molecule has 35 heavy (non-hydrogen) atoms. The van der Waals surface area contributed by atoms with Crippen molar-refractivity contribution in [3.8, 4) is 17.1 Å². The van der Waals surface area contributed by atoms with Crippen molar-refractivity contribution >= 4 is 55.2 Å². The summed E-state index contributed by atoms with van der Waals surface area (Å²) >= 11 is 7.81. The third-order valence-electron chi connectivity index (χ3n) is 5.57. The van der Waals surface area contributed by atoms with Crippen LogP contribution >= 0.6 is 22.9 Å². The zero-order chi connectivity index (χ0) is 24.5. The molecule has 5 rings (SSSR count). The van der Waals surface area contributed by atoms with Crippen molar-refractivity contribution in [1.82, 2.24) is 4.98 Å². The number of nitrogens with one attached hydrogen (secondary N) is 1. The zero-order valence-electron chi connectivity index (χ0n) is 19.0. The smallest absolute Gasteiger partial charge is 0.267 e. The molecule has 8 heteroatoms. The molecule has 0 radical (unpaired) electrons. The fourth-order valence-electron chi connectivity index (χ4n) is 3.79. The summed E-state index contributed by atoms with van der Waals surface area (Å²) in [5.74, 6) is -0.277. The molecule has 5 aromatic rings. The van der Waals surface area contributed by atoms with Gasteiger partial charge in [0.15, 0.2) is 17.0 Å². The van der Waals surface area contributed by atoms with E-state index in [1.807, 2.05) is 32.0 Å². The second-order valence-electron chi connectivity index (χ2n) is 8.06. The Kier molecular flexibility index (Phi) is 6.28. The van der Waals surface area contributed by atoms with Gasteiger partial charge < -0.3 is 9.15 Å². The molecule has 3 aromatic carbocycles. The maximum atomic E-state index is 13.4. The highest BCUT2D eigenvalue weighted by molar-refractivity contribution is 7.22. The van der Waals surface area contributed by atoms with Gasteiger partial charge in [-0.05, 0) is 55.3 Å². The first-order valence-corrected chi connectivity index (χ1v) is 12.3. The van der Waals surface area contributed by atoms with E-state index >= 15 is 0 Å². The number of benzene rings is 3. The van der Waals surface area contributed by atoms with Crippen molar-refractivity contribution in [1.29, 1.82) is 0 Å². The predicted molar refractivity (Wildman–Crippen MR) is 141 cm³/mol. The van der Waals surface area contributed by atoms with Crippen molar-refractivity contribution in [2.45, 2.75) is 26.4 Å². The fraction of sp³-hybridized carbons (Fsp3) is 0.148. The van der Waals surface area contributed by atoms with Crippen LogP contribution in [0.2, 0.25) is 5.02 Å². The van der Waals surface area contributed by atoms with E-state index in [4.69, 9.17) is 20.8 Å². The van der Waals surface area contributed by atoms with Crippen molar-refractivity contribution < 1.29 is 13.9 Å². The van der Waals surface area contributed by atoms with Crippen LogP contribution in [0.3, 0.4) is 0 Å². The molecule has 0 saturated heterocycles. The molecule has 0 saturated carbocycles. The summed E-state index contributed by atoms with van der Waals surface area (Å²) in [6.07, 6.45) is -0.626. The minimum atomic E-state index is -0.950. The third-order valence-corrected chi connectivity index (χ3v) is 6.84. The Balaban J connectivity index is 1.52. The minimum Gasteiger partial charge on any atom is -0.473 e. The van der Waals surface area contributed by atoms with E-state index in [0.29, 0.717) is 33.1 Å². The first kappa shape index (κ1) is 23.1. The van der Waals surface area contributed by atoms with Gasteiger partial charge in [-0.3, -0.25) is 14.9 Å². The summed E-state index contributed by atoms with van der Waals surface area (Å²) in [4.78, 5) is 31.1. The summed E-state index contributed by atoms with van der Waals surface area (Å²) in [6.45, 7) is 3.81. The summed E-state index contributed by atoms with van der Waals surface area (Å²) in [5, 5.41) is 4.06. The molecule has 0 aliphatic heterocycles. The first-order chi connectivity index (χ1) is 16.9. The van der Waals surface area contributed by atoms with E-state index in [9.17, 15) is 9.59 Å². The van der Waals surface area contributed by atoms with Gasteiger partial charge >= 0.3 is 0 Å². The highest BCUT2D eigenvalue weighted by atomic mass is 35.5. The average molecular weight is 505 g/mol. The molecule has 0 spiro atoms. The molecule has 1 unspecified atom stereocenters. The van der Waals surface area contributed by atoms with Crippen LogP contribution < -0.4 is 15.5 Å². The van der Waals surface area contributed by atoms with Gasteiger partial charge in [-0.15, -0.1) is 0 Å². The van der Waals surface area contributed by atoms with Gasteiger partial charge in [0.25, 0.3) is 5.91 Å². The molecule has 2 aromatic heterocycles. The van der Waals surface area contributed by atoms with Crippen LogP contribution in [0.25, 0.3) is 32.5 Å². The summed E-state index contributed by atoms with van der Waals surface area (Å²) in [7, 11) is 0. The number of thiazole rings is 1. The lowest BCUT2D eigenvalue weighted by molar-refractivity contribution is -0.122. The van der Waals surface area contributed by atoms with Crippen LogP contribution in [0.1, 0.15) is 18.9 Å². The molecule has 0 aliphatic rings. The molecular formula is C27H21ClN2O4S. The number of fused-ring (bicyclic) bond motifs is 2. The SMILES string of the molecule is CCC(Oc1c(-c2ccccc2Cl)oc2ccccc2c1=O)C(=O)Nc1nc2ccc(C)cc2s1. The van der Waals surface area contributed by atoms with Crippen molar-refractivity contribution in [2.75, 3.05) is 5.32 Å². The van der Waals surface area contributed by atoms with E-state index in [1.165, 1.54) is 11.3 Å². The molecule has 0 fully saturated rings. The second-order valence-corrected chi connectivity index (χ2v) is 9.50. The summed E-state index contributed by atoms with van der Waals surface area (Å²) in [5.41, 5.74) is 2.46. The Bertz CT molecular complexity index is 1630. The number of carbonyl (C=O) groups is 1. The monoisotopic (exact) mass is 504 g/mol. The lowest BCUT2D eigenvalue weighted by Crippen LogP contribution is -2.34. The van der Waals surface area contributed by atoms with Gasteiger partial charge in [0.05, 0.1) is 20.6 Å². The topological polar surface area (TPSA) is 81.4 Å². The average Bonchev–Trinajstić information content (AvgIpc) is 3.25. The number of halogens is 1. The van der Waals surface area contributed by atoms with Crippen molar-refractivity contribution in [3.63, 3.8) is 0 Å². The zero-order valence-corrected chi connectivity index (χ0v) is 20.6. The lowest BCUT2D eigenvalue weighted by Gasteiger charge is -2.18. The standard InChI is InChI=1S/C27H21ClN2O4S/c1-3-20(26(32)30-27-29-19-13-12-15(2)14-22(19)35-27)33-25-23(31)17-9-5-7-11-21(17)34-24(25)16-8-4-6-10-18(16)28/h4-14,20H,3H2,1-2H3,(H,29,30,32). The fourth-order valence-corrected chi connectivity index (χ4v) is 4.98. The minimum absolute atomic E-state index is 0.0567. The third kappa shape index (κ3) is 4.52. The highest BCUT2D eigenvalue weighted by Crippen LogP contribution is 2.36. The molecule has 1 N–H and O–H groups in total.